The number of anilines is 1. The summed E-state index contributed by atoms with van der Waals surface area (Å²) in [5.41, 5.74) is 2.14. The number of methoxy groups -OCH3 is 1. The molecule has 20 heavy (non-hydrogen) atoms. The number of halogens is 1. The number of carbonyl (C=O) groups is 1. The van der Waals surface area contributed by atoms with Crippen molar-refractivity contribution in [1.29, 1.82) is 0 Å². The minimum atomic E-state index is -0.471. The lowest BCUT2D eigenvalue weighted by Gasteiger charge is -2.14. The molecule has 4 nitrogen and oxygen atoms in total. The maximum atomic E-state index is 11.4. The molecular formula is C15H16BrNO3. The SMILES string of the molecule is COC(=O)c1ccc(C(C)Nc2cc(C)cc(Br)c2)o1. The second-order valence-corrected chi connectivity index (χ2v) is 5.49. The molecule has 5 heteroatoms. The zero-order valence-electron chi connectivity index (χ0n) is 11.6. The predicted molar refractivity (Wildman–Crippen MR) is 81.0 cm³/mol. The van der Waals surface area contributed by atoms with Crippen LogP contribution in [-0.2, 0) is 4.74 Å². The third-order valence-corrected chi connectivity index (χ3v) is 3.32. The zero-order chi connectivity index (χ0) is 14.7. The largest absolute Gasteiger partial charge is 0.463 e. The van der Waals surface area contributed by atoms with E-state index in [1.54, 1.807) is 12.1 Å². The second kappa shape index (κ2) is 6.13. The van der Waals surface area contributed by atoms with E-state index in [0.717, 1.165) is 15.7 Å². The number of furan rings is 1. The van der Waals surface area contributed by atoms with E-state index >= 15 is 0 Å². The molecule has 0 spiro atoms. The molecular weight excluding hydrogens is 322 g/mol. The number of aryl methyl sites for hydroxylation is 1. The van der Waals surface area contributed by atoms with Crippen molar-refractivity contribution in [2.24, 2.45) is 0 Å². The summed E-state index contributed by atoms with van der Waals surface area (Å²) in [7, 11) is 1.33. The van der Waals surface area contributed by atoms with Gasteiger partial charge in [-0.25, -0.2) is 4.79 Å². The fourth-order valence-corrected chi connectivity index (χ4v) is 2.54. The molecule has 0 aliphatic heterocycles. The average molecular weight is 338 g/mol. The number of esters is 1. The van der Waals surface area contributed by atoms with E-state index in [0.29, 0.717) is 5.76 Å². The van der Waals surface area contributed by atoms with Gasteiger partial charge in [-0.1, -0.05) is 15.9 Å². The van der Waals surface area contributed by atoms with E-state index in [-0.39, 0.29) is 11.8 Å². The minimum absolute atomic E-state index is 0.0536. The van der Waals surface area contributed by atoms with Gasteiger partial charge in [-0.15, -0.1) is 0 Å². The summed E-state index contributed by atoms with van der Waals surface area (Å²) in [4.78, 5) is 11.4. The van der Waals surface area contributed by atoms with Crippen LogP contribution in [0.5, 0.6) is 0 Å². The van der Waals surface area contributed by atoms with Crippen molar-refractivity contribution in [2.75, 3.05) is 12.4 Å². The highest BCUT2D eigenvalue weighted by molar-refractivity contribution is 9.10. The Hall–Kier alpha value is -1.75. The Balaban J connectivity index is 2.13. The van der Waals surface area contributed by atoms with Gasteiger partial charge >= 0.3 is 5.97 Å². The van der Waals surface area contributed by atoms with Crippen LogP contribution in [-0.4, -0.2) is 13.1 Å². The van der Waals surface area contributed by atoms with Gasteiger partial charge in [-0.2, -0.15) is 0 Å². The van der Waals surface area contributed by atoms with Gasteiger partial charge in [0.15, 0.2) is 0 Å². The third kappa shape index (κ3) is 3.42. The molecule has 2 rings (SSSR count). The molecule has 1 atom stereocenters. The van der Waals surface area contributed by atoms with Crippen molar-refractivity contribution < 1.29 is 13.9 Å². The van der Waals surface area contributed by atoms with Gasteiger partial charge in [-0.3, -0.25) is 0 Å². The maximum Gasteiger partial charge on any atom is 0.373 e. The number of hydrogen-bond acceptors (Lipinski definition) is 4. The van der Waals surface area contributed by atoms with E-state index < -0.39 is 5.97 Å². The lowest BCUT2D eigenvalue weighted by molar-refractivity contribution is 0.0562. The highest BCUT2D eigenvalue weighted by atomic mass is 79.9. The van der Waals surface area contributed by atoms with Crippen LogP contribution in [0.2, 0.25) is 0 Å². The first-order valence-corrected chi connectivity index (χ1v) is 7.00. The van der Waals surface area contributed by atoms with Gasteiger partial charge in [0, 0.05) is 10.2 Å². The number of benzene rings is 1. The van der Waals surface area contributed by atoms with Crippen LogP contribution in [0.4, 0.5) is 5.69 Å². The van der Waals surface area contributed by atoms with E-state index in [1.807, 2.05) is 32.0 Å². The van der Waals surface area contributed by atoms with Crippen molar-refractivity contribution in [3.8, 4) is 0 Å². The molecule has 1 unspecified atom stereocenters. The molecule has 1 N–H and O–H groups in total. The van der Waals surface area contributed by atoms with Gasteiger partial charge in [0.1, 0.15) is 5.76 Å². The summed E-state index contributed by atoms with van der Waals surface area (Å²) >= 11 is 3.47. The maximum absolute atomic E-state index is 11.4. The molecule has 0 fully saturated rings. The van der Waals surface area contributed by atoms with Gasteiger partial charge in [0.25, 0.3) is 0 Å². The van der Waals surface area contributed by atoms with Crippen molar-refractivity contribution in [3.63, 3.8) is 0 Å². The lowest BCUT2D eigenvalue weighted by Crippen LogP contribution is -2.06. The van der Waals surface area contributed by atoms with Crippen LogP contribution in [0.15, 0.2) is 39.2 Å². The van der Waals surface area contributed by atoms with Crippen LogP contribution in [0.25, 0.3) is 0 Å². The predicted octanol–water partition coefficient (Wildman–Crippen LogP) is 4.31. The van der Waals surface area contributed by atoms with Crippen molar-refractivity contribution in [3.05, 3.63) is 51.9 Å². The van der Waals surface area contributed by atoms with E-state index in [2.05, 4.69) is 26.0 Å². The van der Waals surface area contributed by atoms with Gasteiger partial charge in [0.2, 0.25) is 5.76 Å². The number of nitrogens with one attached hydrogen (secondary N) is 1. The summed E-state index contributed by atoms with van der Waals surface area (Å²) in [6.45, 7) is 4.00. The Labute approximate surface area is 126 Å². The van der Waals surface area contributed by atoms with E-state index in [9.17, 15) is 4.79 Å². The van der Waals surface area contributed by atoms with Crippen LogP contribution in [0, 0.1) is 6.92 Å². The highest BCUT2D eigenvalue weighted by Crippen LogP contribution is 2.25. The molecule has 0 amide bonds. The normalized spacial score (nSPS) is 12.0. The Bertz CT molecular complexity index is 601. The van der Waals surface area contributed by atoms with Crippen molar-refractivity contribution in [1.82, 2.24) is 0 Å². The van der Waals surface area contributed by atoms with Crippen LogP contribution in [0.3, 0.4) is 0 Å². The molecule has 1 heterocycles. The molecule has 0 aliphatic rings. The molecule has 0 saturated heterocycles. The van der Waals surface area contributed by atoms with Crippen LogP contribution < -0.4 is 5.32 Å². The highest BCUT2D eigenvalue weighted by Gasteiger charge is 2.15. The molecule has 1 aromatic heterocycles. The smallest absolute Gasteiger partial charge is 0.373 e. The van der Waals surface area contributed by atoms with Crippen molar-refractivity contribution >= 4 is 27.6 Å². The summed E-state index contributed by atoms with van der Waals surface area (Å²) in [5, 5.41) is 3.33. The van der Waals surface area contributed by atoms with Gasteiger partial charge in [-0.05, 0) is 49.7 Å². The van der Waals surface area contributed by atoms with E-state index in [1.165, 1.54) is 7.11 Å². The molecule has 0 bridgehead atoms. The second-order valence-electron chi connectivity index (χ2n) is 4.58. The Kier molecular flexibility index (Phi) is 4.49. The summed E-state index contributed by atoms with van der Waals surface area (Å²) < 4.78 is 11.1. The molecule has 0 saturated carbocycles. The molecule has 0 radical (unpaired) electrons. The zero-order valence-corrected chi connectivity index (χ0v) is 13.2. The third-order valence-electron chi connectivity index (χ3n) is 2.87. The quantitative estimate of drug-likeness (QED) is 0.844. The molecule has 0 aliphatic carbocycles. The Morgan fingerprint density at radius 2 is 2.10 bits per heavy atom. The fraction of sp³-hybridized carbons (Fsp3) is 0.267. The Morgan fingerprint density at radius 3 is 2.75 bits per heavy atom. The fourth-order valence-electron chi connectivity index (χ4n) is 1.94. The van der Waals surface area contributed by atoms with Crippen LogP contribution in [0.1, 0.15) is 34.8 Å². The van der Waals surface area contributed by atoms with Gasteiger partial charge < -0.3 is 14.5 Å². The molecule has 106 valence electrons. The number of ether oxygens (including phenoxy) is 1. The summed E-state index contributed by atoms with van der Waals surface area (Å²) in [5.74, 6) is 0.423. The first kappa shape index (κ1) is 14.7. The Morgan fingerprint density at radius 1 is 1.35 bits per heavy atom. The number of hydrogen-bond donors (Lipinski definition) is 1. The monoisotopic (exact) mass is 337 g/mol. The molecule has 1 aromatic carbocycles. The van der Waals surface area contributed by atoms with Gasteiger partial charge in [0.05, 0.1) is 13.2 Å². The van der Waals surface area contributed by atoms with E-state index in [4.69, 9.17) is 4.42 Å². The lowest BCUT2D eigenvalue weighted by atomic mass is 10.2. The van der Waals surface area contributed by atoms with Crippen molar-refractivity contribution in [2.45, 2.75) is 19.9 Å². The first-order chi connectivity index (χ1) is 9.49. The molecule has 2 aromatic rings. The summed E-state index contributed by atoms with van der Waals surface area (Å²) in [6.07, 6.45) is 0. The number of rotatable bonds is 4. The topological polar surface area (TPSA) is 51.5 Å². The number of carbonyl (C=O) groups excluding carboxylic acids is 1. The average Bonchev–Trinajstić information content (AvgIpc) is 2.86. The summed E-state index contributed by atoms with van der Waals surface area (Å²) in [6, 6.07) is 9.42. The first-order valence-electron chi connectivity index (χ1n) is 6.21. The minimum Gasteiger partial charge on any atom is -0.463 e. The standard InChI is InChI=1S/C15H16BrNO3/c1-9-6-11(16)8-12(7-9)17-10(2)13-4-5-14(20-13)15(18)19-3/h4-8,10,17H,1-3H3. The van der Waals surface area contributed by atoms with Crippen LogP contribution >= 0.6 is 15.9 Å².